The van der Waals surface area contributed by atoms with Crippen molar-refractivity contribution >= 4 is 46.8 Å². The molecule has 1 fully saturated rings. The Balaban J connectivity index is 0.894. The number of ketones is 2. The van der Waals surface area contributed by atoms with E-state index in [1.54, 1.807) is 36.4 Å². The maximum Gasteiger partial charge on any atom is 0.287 e. The smallest absolute Gasteiger partial charge is 0.287 e. The van der Waals surface area contributed by atoms with E-state index in [9.17, 15) is 33.6 Å². The third-order valence-corrected chi connectivity index (χ3v) is 7.76. The molecule has 236 valence electrons. The second kappa shape index (κ2) is 12.9. The number of fused-ring (bicyclic) bond motifs is 3. The summed E-state index contributed by atoms with van der Waals surface area (Å²) in [6.45, 7) is 1.38. The van der Waals surface area contributed by atoms with Crippen molar-refractivity contribution in [3.8, 4) is 0 Å². The van der Waals surface area contributed by atoms with Crippen LogP contribution in [0.2, 0.25) is 0 Å². The van der Waals surface area contributed by atoms with E-state index in [0.29, 0.717) is 12.2 Å². The summed E-state index contributed by atoms with van der Waals surface area (Å²) in [6, 6.07) is 11.4. The molecule has 3 N–H and O–H groups in total. The molecule has 3 heterocycles. The second-order valence-electron chi connectivity index (χ2n) is 10.6. The van der Waals surface area contributed by atoms with Crippen LogP contribution in [-0.2, 0) is 19.1 Å². The molecule has 46 heavy (non-hydrogen) atoms. The molecule has 14 nitrogen and oxygen atoms in total. The molecule has 0 spiro atoms. The summed E-state index contributed by atoms with van der Waals surface area (Å²) in [5.41, 5.74) is 1.34. The van der Waals surface area contributed by atoms with Crippen molar-refractivity contribution in [2.75, 3.05) is 44.8 Å². The van der Waals surface area contributed by atoms with Crippen LogP contribution in [0.5, 0.6) is 0 Å². The zero-order valence-corrected chi connectivity index (χ0v) is 24.4. The summed E-state index contributed by atoms with van der Waals surface area (Å²) in [5.74, 6) is -3.99. The first kappa shape index (κ1) is 30.6. The van der Waals surface area contributed by atoms with Crippen LogP contribution >= 0.6 is 0 Å². The fourth-order valence-corrected chi connectivity index (χ4v) is 5.55. The Morgan fingerprint density at radius 2 is 1.52 bits per heavy atom. The van der Waals surface area contributed by atoms with Crippen molar-refractivity contribution in [3.05, 3.63) is 87.9 Å². The summed E-state index contributed by atoms with van der Waals surface area (Å²) in [7, 11) is 0. The molecule has 0 radical (unpaired) electrons. The number of imide groups is 2. The van der Waals surface area contributed by atoms with Gasteiger partial charge in [0, 0.05) is 42.4 Å². The van der Waals surface area contributed by atoms with E-state index in [1.807, 2.05) is 0 Å². The molecule has 14 heteroatoms. The summed E-state index contributed by atoms with van der Waals surface area (Å²) >= 11 is 0. The molecule has 2 aliphatic heterocycles. The second-order valence-corrected chi connectivity index (χ2v) is 10.6. The number of piperidine rings is 1. The average Bonchev–Trinajstić information content (AvgIpc) is 3.61. The van der Waals surface area contributed by atoms with Crippen LogP contribution in [0.3, 0.4) is 0 Å². The molecule has 1 unspecified atom stereocenters. The van der Waals surface area contributed by atoms with Gasteiger partial charge in [0.05, 0.1) is 43.1 Å². The van der Waals surface area contributed by atoms with Crippen LogP contribution in [0.1, 0.15) is 76.2 Å². The summed E-state index contributed by atoms with van der Waals surface area (Å²) in [5, 5.41) is 7.88. The Morgan fingerprint density at radius 3 is 2.26 bits per heavy atom. The number of hydrogen-bond acceptors (Lipinski definition) is 11. The van der Waals surface area contributed by atoms with Gasteiger partial charge in [-0.1, -0.05) is 30.3 Å². The number of nitrogens with one attached hydrogen (secondary N) is 3. The van der Waals surface area contributed by atoms with Gasteiger partial charge in [-0.25, -0.2) is 0 Å². The standard InChI is InChI=1S/C32H28N4O10/c37-24-9-8-22(29(40)35-24)36-31(42)19-6-3-7-21(25(19)32(36)43)33-10-12-44-14-15-45-13-11-34-30(41)23-16-20-26(38)17-4-1-2-5-18(17)27(39)28(20)46-23/h1-7,16,22,33H,8-15H2,(H,34,41)(H,35,37,40). The Labute approximate surface area is 261 Å². The molecule has 0 bridgehead atoms. The predicted molar refractivity (Wildman–Crippen MR) is 158 cm³/mol. The molecule has 1 aromatic heterocycles. The first-order valence-corrected chi connectivity index (χ1v) is 14.6. The van der Waals surface area contributed by atoms with Crippen molar-refractivity contribution in [2.45, 2.75) is 18.9 Å². The van der Waals surface area contributed by atoms with E-state index in [0.717, 1.165) is 4.90 Å². The number of nitrogens with zero attached hydrogens (tertiary/aromatic N) is 1. The Hall–Kier alpha value is -5.47. The van der Waals surface area contributed by atoms with E-state index < -0.39 is 41.4 Å². The Morgan fingerprint density at radius 1 is 0.826 bits per heavy atom. The van der Waals surface area contributed by atoms with Crippen molar-refractivity contribution in [1.82, 2.24) is 15.5 Å². The predicted octanol–water partition coefficient (Wildman–Crippen LogP) is 1.33. The molecule has 0 saturated carbocycles. The minimum absolute atomic E-state index is 0.0411. The highest BCUT2D eigenvalue weighted by Gasteiger charge is 2.45. The molecule has 1 aliphatic carbocycles. The zero-order chi connectivity index (χ0) is 32.4. The van der Waals surface area contributed by atoms with Crippen LogP contribution in [0, 0.1) is 0 Å². The van der Waals surface area contributed by atoms with Gasteiger partial charge in [-0.05, 0) is 18.6 Å². The first-order chi connectivity index (χ1) is 22.3. The van der Waals surface area contributed by atoms with Gasteiger partial charge < -0.3 is 24.5 Å². The van der Waals surface area contributed by atoms with Crippen molar-refractivity contribution < 1.29 is 47.5 Å². The number of furan rings is 1. The lowest BCUT2D eigenvalue weighted by Crippen LogP contribution is -2.54. The summed E-state index contributed by atoms with van der Waals surface area (Å²) in [6.07, 6.45) is 0.117. The lowest BCUT2D eigenvalue weighted by Gasteiger charge is -2.27. The highest BCUT2D eigenvalue weighted by Crippen LogP contribution is 2.32. The molecule has 2 aromatic carbocycles. The van der Waals surface area contributed by atoms with E-state index >= 15 is 0 Å². The van der Waals surface area contributed by atoms with Gasteiger partial charge in [0.15, 0.2) is 17.3 Å². The fourth-order valence-electron chi connectivity index (χ4n) is 5.55. The van der Waals surface area contributed by atoms with Gasteiger partial charge in [-0.2, -0.15) is 0 Å². The van der Waals surface area contributed by atoms with Gasteiger partial charge in [0.2, 0.25) is 17.6 Å². The minimum atomic E-state index is -1.04. The number of carbonyl (C=O) groups is 7. The quantitative estimate of drug-likeness (QED) is 0.152. The molecule has 6 rings (SSSR count). The van der Waals surface area contributed by atoms with E-state index in [-0.39, 0.29) is 90.9 Å². The monoisotopic (exact) mass is 628 g/mol. The van der Waals surface area contributed by atoms with Crippen LogP contribution < -0.4 is 16.0 Å². The maximum absolute atomic E-state index is 13.1. The molecule has 1 saturated heterocycles. The van der Waals surface area contributed by atoms with Crippen LogP contribution in [0.4, 0.5) is 5.69 Å². The number of carbonyl (C=O) groups excluding carboxylic acids is 7. The number of rotatable bonds is 12. The number of benzene rings is 2. The topological polar surface area (TPSA) is 190 Å². The third kappa shape index (κ3) is 5.71. The first-order valence-electron chi connectivity index (χ1n) is 14.6. The lowest BCUT2D eigenvalue weighted by molar-refractivity contribution is -0.136. The number of amides is 5. The molecule has 3 aromatic rings. The number of anilines is 1. The van der Waals surface area contributed by atoms with E-state index in [2.05, 4.69) is 16.0 Å². The fraction of sp³-hybridized carbons (Fsp3) is 0.281. The van der Waals surface area contributed by atoms with Crippen molar-refractivity contribution in [2.24, 2.45) is 0 Å². The van der Waals surface area contributed by atoms with Crippen molar-refractivity contribution in [1.29, 1.82) is 0 Å². The maximum atomic E-state index is 13.1. The van der Waals surface area contributed by atoms with Crippen molar-refractivity contribution in [3.63, 3.8) is 0 Å². The van der Waals surface area contributed by atoms with Gasteiger partial charge in [-0.15, -0.1) is 0 Å². The van der Waals surface area contributed by atoms with Crippen LogP contribution in [0.15, 0.2) is 52.9 Å². The largest absolute Gasteiger partial charge is 0.447 e. The molecule has 3 aliphatic rings. The van der Waals surface area contributed by atoms with Gasteiger partial charge in [0.1, 0.15) is 6.04 Å². The molecular weight excluding hydrogens is 600 g/mol. The summed E-state index contributed by atoms with van der Waals surface area (Å²) < 4.78 is 16.5. The number of ether oxygens (including phenoxy) is 2. The molecule has 1 atom stereocenters. The lowest BCUT2D eigenvalue weighted by atomic mass is 9.89. The molecular formula is C32H28N4O10. The van der Waals surface area contributed by atoms with Crippen LogP contribution in [-0.4, -0.2) is 91.6 Å². The third-order valence-electron chi connectivity index (χ3n) is 7.76. The minimum Gasteiger partial charge on any atom is -0.447 e. The average molecular weight is 629 g/mol. The van der Waals surface area contributed by atoms with Gasteiger partial charge in [-0.3, -0.25) is 43.8 Å². The highest BCUT2D eigenvalue weighted by atomic mass is 16.5. The van der Waals surface area contributed by atoms with Gasteiger partial charge >= 0.3 is 0 Å². The van der Waals surface area contributed by atoms with E-state index in [4.69, 9.17) is 13.9 Å². The number of hydrogen-bond donors (Lipinski definition) is 3. The zero-order valence-electron chi connectivity index (χ0n) is 24.4. The van der Waals surface area contributed by atoms with E-state index in [1.165, 1.54) is 12.1 Å². The van der Waals surface area contributed by atoms with Gasteiger partial charge in [0.25, 0.3) is 17.7 Å². The normalized spacial score (nSPS) is 17.0. The highest BCUT2D eigenvalue weighted by molar-refractivity contribution is 6.28. The summed E-state index contributed by atoms with van der Waals surface area (Å²) in [4.78, 5) is 88.7. The molecule has 5 amide bonds. The Bertz CT molecular complexity index is 1740. The Kier molecular flexibility index (Phi) is 8.55. The SMILES string of the molecule is O=C1CCC(N2C(=O)c3cccc(NCCOCCOCCNC(=O)c4cc5c(o4)C(=O)c4ccccc4C5=O)c3C2=O)C(=O)N1. The van der Waals surface area contributed by atoms with Crippen LogP contribution in [0.25, 0.3) is 0 Å².